The average Bonchev–Trinajstić information content (AvgIpc) is 2.63. The molecule has 26 heavy (non-hydrogen) atoms. The fourth-order valence-electron chi connectivity index (χ4n) is 2.66. The summed E-state index contributed by atoms with van der Waals surface area (Å²) < 4.78 is 11.4. The molecule has 3 aromatic rings. The lowest BCUT2D eigenvalue weighted by Crippen LogP contribution is -2.28. The third-order valence-electron chi connectivity index (χ3n) is 3.87. The molecule has 4 N–H and O–H groups in total. The zero-order valence-electron chi connectivity index (χ0n) is 14.4. The zero-order chi connectivity index (χ0) is 18.8. The zero-order valence-corrected chi connectivity index (χ0v) is 14.4. The molecule has 134 valence electrons. The first-order chi connectivity index (χ1) is 12.5. The molecule has 0 saturated carbocycles. The molecule has 0 radical (unpaired) electrons. The summed E-state index contributed by atoms with van der Waals surface area (Å²) in [6.45, 7) is 2.24. The molecule has 3 rings (SSSR count). The van der Waals surface area contributed by atoms with Gasteiger partial charge in [-0.2, -0.15) is 4.98 Å². The van der Waals surface area contributed by atoms with Gasteiger partial charge in [-0.05, 0) is 37.3 Å². The number of ether oxygens (including phenoxy) is 2. The SMILES string of the molecule is CCOc1ccc2c(N)c(C(=O)OC)c(=O)n(-c3ccc(N)cc3)c2n1. The third-order valence-corrected chi connectivity index (χ3v) is 3.87. The maximum atomic E-state index is 13.0. The minimum absolute atomic E-state index is 0.0130. The Kier molecular flexibility index (Phi) is 4.49. The molecule has 8 heteroatoms. The van der Waals surface area contributed by atoms with Crippen molar-refractivity contribution in [2.75, 3.05) is 25.2 Å². The number of fused-ring (bicyclic) bond motifs is 1. The van der Waals surface area contributed by atoms with E-state index in [-0.39, 0.29) is 16.9 Å². The number of nitrogens with two attached hydrogens (primary N) is 2. The number of hydrogen-bond donors (Lipinski definition) is 2. The van der Waals surface area contributed by atoms with Gasteiger partial charge in [0, 0.05) is 17.1 Å². The largest absolute Gasteiger partial charge is 0.478 e. The second kappa shape index (κ2) is 6.75. The number of anilines is 2. The van der Waals surface area contributed by atoms with Gasteiger partial charge in [0.25, 0.3) is 5.56 Å². The van der Waals surface area contributed by atoms with Crippen molar-refractivity contribution in [1.82, 2.24) is 9.55 Å². The first-order valence-electron chi connectivity index (χ1n) is 7.90. The van der Waals surface area contributed by atoms with Crippen LogP contribution in [0.1, 0.15) is 17.3 Å². The van der Waals surface area contributed by atoms with Crippen LogP contribution in [0.2, 0.25) is 0 Å². The standard InChI is InChI=1S/C18H18N4O4/c1-3-26-13-9-8-12-15(20)14(18(24)25-2)17(23)22(16(12)21-13)11-6-4-10(19)5-7-11/h4-9H,3,19-20H2,1-2H3. The van der Waals surface area contributed by atoms with Gasteiger partial charge in [0.05, 0.1) is 25.1 Å². The Morgan fingerprint density at radius 1 is 1.15 bits per heavy atom. The van der Waals surface area contributed by atoms with Gasteiger partial charge in [-0.25, -0.2) is 4.79 Å². The highest BCUT2D eigenvalue weighted by Crippen LogP contribution is 2.26. The molecule has 0 aliphatic heterocycles. The van der Waals surface area contributed by atoms with Crippen molar-refractivity contribution < 1.29 is 14.3 Å². The van der Waals surface area contributed by atoms with E-state index in [0.717, 1.165) is 0 Å². The molecular weight excluding hydrogens is 336 g/mol. The Labute approximate surface area is 149 Å². The normalized spacial score (nSPS) is 10.7. The summed E-state index contributed by atoms with van der Waals surface area (Å²) in [4.78, 5) is 29.5. The molecule has 2 aromatic heterocycles. The predicted octanol–water partition coefficient (Wildman–Crippen LogP) is 1.74. The Balaban J connectivity index is 2.44. The molecule has 0 unspecified atom stereocenters. The summed E-state index contributed by atoms with van der Waals surface area (Å²) >= 11 is 0. The van der Waals surface area contributed by atoms with Crippen LogP contribution < -0.4 is 21.8 Å². The lowest BCUT2D eigenvalue weighted by Gasteiger charge is -2.15. The summed E-state index contributed by atoms with van der Waals surface area (Å²) in [5.74, 6) is -0.471. The fraction of sp³-hybridized carbons (Fsp3) is 0.167. The minimum atomic E-state index is -0.813. The van der Waals surface area contributed by atoms with Gasteiger partial charge >= 0.3 is 5.97 Å². The highest BCUT2D eigenvalue weighted by atomic mass is 16.5. The third kappa shape index (κ3) is 2.81. The quantitative estimate of drug-likeness (QED) is 0.540. The van der Waals surface area contributed by atoms with E-state index in [9.17, 15) is 9.59 Å². The van der Waals surface area contributed by atoms with Crippen LogP contribution in [0.4, 0.5) is 11.4 Å². The lowest BCUT2D eigenvalue weighted by molar-refractivity contribution is 0.0600. The summed E-state index contributed by atoms with van der Waals surface area (Å²) in [6, 6.07) is 9.89. The number of nitrogen functional groups attached to an aromatic ring is 2. The molecule has 0 fully saturated rings. The van der Waals surface area contributed by atoms with E-state index in [1.807, 2.05) is 6.92 Å². The van der Waals surface area contributed by atoms with Crippen molar-refractivity contribution in [1.29, 1.82) is 0 Å². The lowest BCUT2D eigenvalue weighted by atomic mass is 10.1. The molecule has 0 atom stereocenters. The van der Waals surface area contributed by atoms with E-state index in [4.69, 9.17) is 20.9 Å². The number of hydrogen-bond acceptors (Lipinski definition) is 7. The van der Waals surface area contributed by atoms with E-state index in [2.05, 4.69) is 4.98 Å². The maximum absolute atomic E-state index is 13.0. The smallest absolute Gasteiger partial charge is 0.345 e. The molecular formula is C18H18N4O4. The fourth-order valence-corrected chi connectivity index (χ4v) is 2.66. The van der Waals surface area contributed by atoms with Crippen molar-refractivity contribution in [3.8, 4) is 11.6 Å². The van der Waals surface area contributed by atoms with Gasteiger partial charge in [-0.3, -0.25) is 9.36 Å². The topological polar surface area (TPSA) is 122 Å². The predicted molar refractivity (Wildman–Crippen MR) is 98.7 cm³/mol. The number of pyridine rings is 2. The molecule has 2 heterocycles. The molecule has 1 aromatic carbocycles. The Morgan fingerprint density at radius 3 is 2.46 bits per heavy atom. The number of methoxy groups -OCH3 is 1. The maximum Gasteiger partial charge on any atom is 0.345 e. The van der Waals surface area contributed by atoms with Crippen LogP contribution in [0.25, 0.3) is 16.7 Å². The Morgan fingerprint density at radius 2 is 1.85 bits per heavy atom. The average molecular weight is 354 g/mol. The van der Waals surface area contributed by atoms with E-state index < -0.39 is 11.5 Å². The van der Waals surface area contributed by atoms with Crippen molar-refractivity contribution in [2.24, 2.45) is 0 Å². The van der Waals surface area contributed by atoms with E-state index >= 15 is 0 Å². The van der Waals surface area contributed by atoms with Crippen LogP contribution >= 0.6 is 0 Å². The number of carbonyl (C=O) groups is 1. The number of esters is 1. The van der Waals surface area contributed by atoms with Crippen LogP contribution in [-0.2, 0) is 4.74 Å². The van der Waals surface area contributed by atoms with Crippen LogP contribution in [0.5, 0.6) is 5.88 Å². The van der Waals surface area contributed by atoms with Crippen molar-refractivity contribution in [3.05, 3.63) is 52.3 Å². The van der Waals surface area contributed by atoms with Gasteiger partial charge in [0.2, 0.25) is 5.88 Å². The Hall–Kier alpha value is -3.55. The molecule has 0 spiro atoms. The molecule has 0 bridgehead atoms. The number of rotatable bonds is 4. The second-order valence-corrected chi connectivity index (χ2v) is 5.47. The van der Waals surface area contributed by atoms with Crippen LogP contribution in [0, 0.1) is 0 Å². The van der Waals surface area contributed by atoms with Gasteiger partial charge in [0.15, 0.2) is 5.65 Å². The van der Waals surface area contributed by atoms with Crippen LogP contribution in [0.15, 0.2) is 41.2 Å². The number of aromatic nitrogens is 2. The monoisotopic (exact) mass is 354 g/mol. The summed E-state index contributed by atoms with van der Waals surface area (Å²) in [6.07, 6.45) is 0. The highest BCUT2D eigenvalue weighted by molar-refractivity contribution is 6.03. The van der Waals surface area contributed by atoms with E-state index in [0.29, 0.717) is 29.2 Å². The first kappa shape index (κ1) is 17.3. The number of carbonyl (C=O) groups excluding carboxylic acids is 1. The van der Waals surface area contributed by atoms with Gasteiger partial charge < -0.3 is 20.9 Å². The minimum Gasteiger partial charge on any atom is -0.478 e. The summed E-state index contributed by atoms with van der Waals surface area (Å²) in [7, 11) is 1.19. The van der Waals surface area contributed by atoms with Crippen LogP contribution in [0.3, 0.4) is 0 Å². The van der Waals surface area contributed by atoms with Crippen LogP contribution in [-0.4, -0.2) is 29.2 Å². The summed E-state index contributed by atoms with van der Waals surface area (Å²) in [5.41, 5.74) is 12.2. The Bertz CT molecular complexity index is 1040. The molecule has 0 aliphatic rings. The molecule has 8 nitrogen and oxygen atoms in total. The molecule has 0 aliphatic carbocycles. The van der Waals surface area contributed by atoms with Gasteiger partial charge in [-0.1, -0.05) is 0 Å². The van der Waals surface area contributed by atoms with Crippen molar-refractivity contribution in [3.63, 3.8) is 0 Å². The summed E-state index contributed by atoms with van der Waals surface area (Å²) in [5, 5.41) is 0.435. The number of benzene rings is 1. The van der Waals surface area contributed by atoms with Gasteiger partial charge in [-0.15, -0.1) is 0 Å². The van der Waals surface area contributed by atoms with Crippen molar-refractivity contribution >= 4 is 28.4 Å². The first-order valence-corrected chi connectivity index (χ1v) is 7.90. The highest BCUT2D eigenvalue weighted by Gasteiger charge is 2.23. The molecule has 0 saturated heterocycles. The number of nitrogens with zero attached hydrogens (tertiary/aromatic N) is 2. The van der Waals surface area contributed by atoms with Gasteiger partial charge in [0.1, 0.15) is 5.56 Å². The van der Waals surface area contributed by atoms with E-state index in [1.54, 1.807) is 36.4 Å². The molecule has 0 amide bonds. The second-order valence-electron chi connectivity index (χ2n) is 5.47. The van der Waals surface area contributed by atoms with E-state index in [1.165, 1.54) is 11.7 Å². The van der Waals surface area contributed by atoms with Crippen molar-refractivity contribution in [2.45, 2.75) is 6.92 Å².